The molecule has 0 bridgehead atoms. The molecule has 2 saturated heterocycles. The van der Waals surface area contributed by atoms with E-state index in [1.165, 1.54) is 25.4 Å². The van der Waals surface area contributed by atoms with Crippen LogP contribution in [0.5, 0.6) is 28.7 Å². The Morgan fingerprint density at radius 3 is 1.64 bits per heavy atom. The SMILES string of the molecule is CC=C1C[C@H]2C=Nc3cc(OCc4cc(OCCN(C)CC(C)(C)SCC(=O)N(C)CCOCCOCCOCCOCCC(=O)O)cc(COc5cc6c(cc5OC)C(=O)N5CC(=CC)C[C@H]5C=N6)n4)c(OC)cc3C(=O)N2C1. The van der Waals surface area contributed by atoms with Crippen LogP contribution < -0.4 is 23.7 Å². The summed E-state index contributed by atoms with van der Waals surface area (Å²) in [5.41, 5.74) is 5.32. The van der Waals surface area contributed by atoms with Crippen LogP contribution in [0.1, 0.15) is 79.1 Å². The summed E-state index contributed by atoms with van der Waals surface area (Å²) in [7, 11) is 6.85. The van der Waals surface area contributed by atoms with E-state index in [2.05, 4.69) is 30.9 Å². The van der Waals surface area contributed by atoms with Crippen molar-refractivity contribution in [2.24, 2.45) is 9.98 Å². The van der Waals surface area contributed by atoms with E-state index in [0.29, 0.717) is 154 Å². The van der Waals surface area contributed by atoms with Crippen LogP contribution in [-0.4, -0.2) is 209 Å². The van der Waals surface area contributed by atoms with Crippen molar-refractivity contribution in [3.8, 4) is 28.7 Å². The second-order valence-electron chi connectivity index (χ2n) is 20.3. The third-order valence-corrected chi connectivity index (χ3v) is 15.1. The lowest BCUT2D eigenvalue weighted by Gasteiger charge is -2.30. The fourth-order valence-electron chi connectivity index (χ4n) is 9.39. The van der Waals surface area contributed by atoms with Gasteiger partial charge in [0.2, 0.25) is 5.91 Å². The van der Waals surface area contributed by atoms with Crippen molar-refractivity contribution in [1.82, 2.24) is 24.6 Å². The van der Waals surface area contributed by atoms with Crippen LogP contribution in [0.4, 0.5) is 11.4 Å². The molecule has 0 saturated carbocycles. The Bertz CT molecular complexity index is 2630. The molecule has 0 radical (unpaired) electrons. The van der Waals surface area contributed by atoms with E-state index in [1.54, 1.807) is 48.0 Å². The highest BCUT2D eigenvalue weighted by Crippen LogP contribution is 2.41. The molecule has 1 aromatic heterocycles. The van der Waals surface area contributed by atoms with Gasteiger partial charge in [-0.2, -0.15) is 0 Å². The number of nitrogens with zero attached hydrogens (tertiary/aromatic N) is 7. The third-order valence-electron chi connectivity index (χ3n) is 13.8. The monoisotopic (exact) mass is 1130 g/mol. The summed E-state index contributed by atoms with van der Waals surface area (Å²) in [6, 6.07) is 10.2. The maximum atomic E-state index is 13.8. The normalized spacial score (nSPS) is 17.6. The molecule has 0 unspecified atom stereocenters. The largest absolute Gasteiger partial charge is 0.493 e. The summed E-state index contributed by atoms with van der Waals surface area (Å²) in [6.07, 6.45) is 9.21. The van der Waals surface area contributed by atoms with E-state index >= 15 is 0 Å². The molecule has 2 fully saturated rings. The van der Waals surface area contributed by atoms with E-state index in [1.807, 2.05) is 55.3 Å². The highest BCUT2D eigenvalue weighted by molar-refractivity contribution is 8.01. The van der Waals surface area contributed by atoms with Crippen molar-refractivity contribution in [3.05, 3.63) is 82.2 Å². The maximum Gasteiger partial charge on any atom is 0.305 e. The molecule has 7 rings (SSSR count). The predicted octanol–water partition coefficient (Wildman–Crippen LogP) is 6.83. The van der Waals surface area contributed by atoms with Crippen LogP contribution in [-0.2, 0) is 41.8 Å². The number of likely N-dealkylation sites (N-methyl/N-ethyl adjacent to an activating group) is 2. The number of amides is 3. The number of benzene rings is 2. The quantitative estimate of drug-likeness (QED) is 0.0500. The Morgan fingerprint density at radius 1 is 0.675 bits per heavy atom. The van der Waals surface area contributed by atoms with Crippen molar-refractivity contribution in [1.29, 1.82) is 0 Å². The van der Waals surface area contributed by atoms with Gasteiger partial charge in [0.25, 0.3) is 11.8 Å². The zero-order valence-electron chi connectivity index (χ0n) is 47.4. The number of carbonyl (C=O) groups is 4. The van der Waals surface area contributed by atoms with Gasteiger partial charge < -0.3 is 67.3 Å². The fraction of sp³-hybridized carbons (Fsp3) is 0.534. The first-order valence-corrected chi connectivity index (χ1v) is 28.0. The van der Waals surface area contributed by atoms with E-state index < -0.39 is 5.97 Å². The number of fused-ring (bicyclic) bond motifs is 4. The molecule has 2 atom stereocenters. The molecule has 434 valence electrons. The average molecular weight is 1130 g/mol. The van der Waals surface area contributed by atoms with Crippen molar-refractivity contribution in [2.45, 2.75) is 77.0 Å². The van der Waals surface area contributed by atoms with Gasteiger partial charge >= 0.3 is 5.97 Å². The smallest absolute Gasteiger partial charge is 0.305 e. The van der Waals surface area contributed by atoms with E-state index in [9.17, 15) is 19.2 Å². The van der Waals surface area contributed by atoms with E-state index in [-0.39, 0.29) is 60.8 Å². The van der Waals surface area contributed by atoms with E-state index in [4.69, 9.17) is 62.7 Å². The molecular formula is C58H77N7O14S. The number of carbonyl (C=O) groups excluding carboxylic acids is 3. The summed E-state index contributed by atoms with van der Waals surface area (Å²) in [5.74, 6) is 1.29. The number of hydrogen-bond donors (Lipinski definition) is 1. The molecule has 80 heavy (non-hydrogen) atoms. The molecule has 2 aromatic carbocycles. The molecule has 1 N–H and O–H groups in total. The predicted molar refractivity (Wildman–Crippen MR) is 304 cm³/mol. The summed E-state index contributed by atoms with van der Waals surface area (Å²) in [6.45, 7) is 14.2. The summed E-state index contributed by atoms with van der Waals surface area (Å²) >= 11 is 1.59. The molecule has 21 nitrogen and oxygen atoms in total. The number of aliphatic imine (C=N–C) groups is 2. The number of hydrogen-bond acceptors (Lipinski definition) is 18. The number of carboxylic acids is 1. The molecule has 5 heterocycles. The molecule has 0 aliphatic carbocycles. The zero-order chi connectivity index (χ0) is 57.2. The third kappa shape index (κ3) is 17.2. The second kappa shape index (κ2) is 29.8. The number of carboxylic acid groups (broad SMARTS) is 1. The number of aromatic nitrogens is 1. The topological polar surface area (TPSA) is 222 Å². The van der Waals surface area contributed by atoms with Gasteiger partial charge in [-0.1, -0.05) is 23.3 Å². The van der Waals surface area contributed by atoms with Crippen molar-refractivity contribution in [2.75, 3.05) is 126 Å². The van der Waals surface area contributed by atoms with Gasteiger partial charge in [0, 0.05) is 81.2 Å². The summed E-state index contributed by atoms with van der Waals surface area (Å²) in [5, 5.41) is 8.63. The maximum absolute atomic E-state index is 13.8. The molecule has 22 heteroatoms. The highest BCUT2D eigenvalue weighted by Gasteiger charge is 2.36. The van der Waals surface area contributed by atoms with Crippen LogP contribution in [0.2, 0.25) is 0 Å². The molecule has 3 aromatic rings. The Balaban J connectivity index is 0.933. The molecule has 0 spiro atoms. The van der Waals surface area contributed by atoms with E-state index in [0.717, 1.165) is 12.8 Å². The lowest BCUT2D eigenvalue weighted by atomic mass is 10.1. The number of ether oxygens (including phenoxy) is 9. The lowest BCUT2D eigenvalue weighted by molar-refractivity contribution is -0.138. The van der Waals surface area contributed by atoms with Gasteiger partial charge in [-0.05, 0) is 59.7 Å². The number of allylic oxidation sites excluding steroid dienone is 2. The highest BCUT2D eigenvalue weighted by atomic mass is 32.2. The van der Waals surface area contributed by atoms with Gasteiger partial charge in [0.15, 0.2) is 23.0 Å². The average Bonchev–Trinajstić information content (AvgIpc) is 4.07. The van der Waals surface area contributed by atoms with Crippen molar-refractivity contribution in [3.63, 3.8) is 0 Å². The fourth-order valence-corrected chi connectivity index (χ4v) is 10.4. The van der Waals surface area contributed by atoms with Crippen molar-refractivity contribution < 1.29 is 66.9 Å². The zero-order valence-corrected chi connectivity index (χ0v) is 48.2. The van der Waals surface area contributed by atoms with Crippen LogP contribution in [0, 0.1) is 0 Å². The summed E-state index contributed by atoms with van der Waals surface area (Å²) < 4.78 is 52.3. The Morgan fingerprint density at radius 2 is 1.16 bits per heavy atom. The first kappa shape index (κ1) is 61.1. The van der Waals surface area contributed by atoms with Gasteiger partial charge in [-0.15, -0.1) is 11.8 Å². The van der Waals surface area contributed by atoms with Crippen LogP contribution in [0.3, 0.4) is 0 Å². The Labute approximate surface area is 473 Å². The number of rotatable bonds is 32. The lowest BCUT2D eigenvalue weighted by Crippen LogP contribution is -2.38. The number of aliphatic carboxylic acids is 1. The van der Waals surface area contributed by atoms with Gasteiger partial charge in [-0.25, -0.2) is 0 Å². The minimum atomic E-state index is -0.896. The summed E-state index contributed by atoms with van der Waals surface area (Å²) in [4.78, 5) is 73.0. The Kier molecular flexibility index (Phi) is 22.7. The standard InChI is InChI=1S/C58H77N7O14S/c1-9-39-23-43-31-59-48-29-52(50(71-7)27-46(48)56(69)64(43)33-39)78-35-41-25-45(26-42(61-41)36-79-53-30-49-47(28-51(53)72-8)57(70)65-34-40(10-2)24-44(65)32-60-49)77-16-12-62(5)38-58(3,4)80-37-54(66)63(6)13-15-74-18-20-76-22-21-75-19-17-73-14-11-55(67)68/h9-10,25-32,43-44H,11-24,33-38H2,1-8H3,(H,67,68)/t43-,44-/m0/s1. The van der Waals surface area contributed by atoms with Gasteiger partial charge in [0.05, 0.1) is 125 Å². The minimum Gasteiger partial charge on any atom is -0.493 e. The first-order chi connectivity index (χ1) is 38.6. The van der Waals surface area contributed by atoms with Crippen LogP contribution in [0.15, 0.2) is 69.7 Å². The number of methoxy groups -OCH3 is 2. The molecular weight excluding hydrogens is 1050 g/mol. The minimum absolute atomic E-state index is 0.00993. The van der Waals surface area contributed by atoms with Gasteiger partial charge in [0.1, 0.15) is 25.6 Å². The molecule has 4 aliphatic rings. The number of pyridine rings is 1. The molecule has 4 aliphatic heterocycles. The van der Waals surface area contributed by atoms with Crippen LogP contribution >= 0.6 is 11.8 Å². The van der Waals surface area contributed by atoms with Crippen molar-refractivity contribution >= 4 is 59.3 Å². The first-order valence-electron chi connectivity index (χ1n) is 27.0. The number of thioether (sulfide) groups is 1. The van der Waals surface area contributed by atoms with Gasteiger partial charge in [-0.3, -0.25) is 34.1 Å². The molecule has 3 amide bonds. The second-order valence-corrected chi connectivity index (χ2v) is 22.0. The van der Waals surface area contributed by atoms with Crippen LogP contribution in [0.25, 0.3) is 0 Å². The Hall–Kier alpha value is -6.56.